The molecule has 2 aromatic carbocycles. The largest absolute Gasteiger partial charge is 0.396 e. The fourth-order valence-corrected chi connectivity index (χ4v) is 10.4. The van der Waals surface area contributed by atoms with Crippen LogP contribution in [-0.4, -0.2) is 39.0 Å². The first kappa shape index (κ1) is 57.0. The monoisotopic (exact) mass is 892 g/mol. The van der Waals surface area contributed by atoms with E-state index in [0.717, 1.165) is 50.8 Å². The standard InChI is InChI=1S/C58H101NO3S/c1-3-5-7-9-11-13-15-17-19-21-23-25-27-29-33-37-51-59(52-38-34-30-28-26-24-22-20-18-16-14-12-10-8-6-4-2)57-47-43-55(44-48-57)41-42-56-45-49-58(50-46-56)63(61,62)54-40-36-32-31-35-39-53-60/h41-50,60H,3-40,51-54H2,1-2H3. The van der Waals surface area contributed by atoms with Crippen LogP contribution in [0.1, 0.15) is 269 Å². The van der Waals surface area contributed by atoms with Gasteiger partial charge in [0.25, 0.3) is 0 Å². The molecule has 0 aliphatic heterocycles. The van der Waals surface area contributed by atoms with Crippen molar-refractivity contribution < 1.29 is 13.5 Å². The topological polar surface area (TPSA) is 57.6 Å². The van der Waals surface area contributed by atoms with Gasteiger partial charge < -0.3 is 10.0 Å². The van der Waals surface area contributed by atoms with E-state index >= 15 is 0 Å². The van der Waals surface area contributed by atoms with Gasteiger partial charge in [0.05, 0.1) is 10.6 Å². The summed E-state index contributed by atoms with van der Waals surface area (Å²) in [5, 5.41) is 8.93. The van der Waals surface area contributed by atoms with Crippen LogP contribution in [0.3, 0.4) is 0 Å². The van der Waals surface area contributed by atoms with Crippen LogP contribution in [0.4, 0.5) is 5.69 Å². The van der Waals surface area contributed by atoms with Crippen LogP contribution < -0.4 is 4.90 Å². The van der Waals surface area contributed by atoms with Gasteiger partial charge in [-0.3, -0.25) is 0 Å². The highest BCUT2D eigenvalue weighted by Gasteiger charge is 2.14. The molecule has 0 aliphatic carbocycles. The van der Waals surface area contributed by atoms with E-state index in [0.29, 0.717) is 11.3 Å². The van der Waals surface area contributed by atoms with Crippen LogP contribution in [-0.2, 0) is 9.84 Å². The highest BCUT2D eigenvalue weighted by Crippen LogP contribution is 2.22. The first-order valence-electron chi connectivity index (χ1n) is 27.5. The number of sulfone groups is 1. The first-order chi connectivity index (χ1) is 31.0. The van der Waals surface area contributed by atoms with Gasteiger partial charge in [0.15, 0.2) is 9.84 Å². The summed E-state index contributed by atoms with van der Waals surface area (Å²) in [6.45, 7) is 7.13. The molecule has 4 nitrogen and oxygen atoms in total. The molecule has 5 heteroatoms. The first-order valence-corrected chi connectivity index (χ1v) is 29.1. The quantitative estimate of drug-likeness (QED) is 0.0531. The minimum Gasteiger partial charge on any atom is -0.396 e. The number of anilines is 1. The lowest BCUT2D eigenvalue weighted by atomic mass is 10.0. The highest BCUT2D eigenvalue weighted by atomic mass is 32.2. The molecule has 0 aliphatic rings. The maximum atomic E-state index is 12.9. The number of benzene rings is 2. The van der Waals surface area contributed by atoms with Crippen LogP contribution >= 0.6 is 0 Å². The summed E-state index contributed by atoms with van der Waals surface area (Å²) < 4.78 is 25.8. The molecule has 1 N–H and O–H groups in total. The normalized spacial score (nSPS) is 11.9. The van der Waals surface area contributed by atoms with Gasteiger partial charge in [-0.1, -0.05) is 269 Å². The molecule has 2 rings (SSSR count). The lowest BCUT2D eigenvalue weighted by Gasteiger charge is -2.25. The summed E-state index contributed by atoms with van der Waals surface area (Å²) in [6, 6.07) is 16.4. The van der Waals surface area contributed by atoms with Gasteiger partial charge in [-0.15, -0.1) is 0 Å². The number of rotatable bonds is 46. The maximum Gasteiger partial charge on any atom is 0.178 e. The Morgan fingerprint density at radius 3 is 1.00 bits per heavy atom. The lowest BCUT2D eigenvalue weighted by Crippen LogP contribution is -2.25. The van der Waals surface area contributed by atoms with Crippen molar-refractivity contribution in [3.05, 3.63) is 59.7 Å². The predicted molar refractivity (Wildman–Crippen MR) is 280 cm³/mol. The van der Waals surface area contributed by atoms with Crippen molar-refractivity contribution in [1.29, 1.82) is 0 Å². The second-order valence-corrected chi connectivity index (χ2v) is 21.4. The molecule has 0 spiro atoms. The molecule has 0 saturated carbocycles. The van der Waals surface area contributed by atoms with Gasteiger partial charge >= 0.3 is 0 Å². The van der Waals surface area contributed by atoms with E-state index in [2.05, 4.69) is 55.2 Å². The Bertz CT molecular complexity index is 1370. The van der Waals surface area contributed by atoms with E-state index in [1.807, 2.05) is 12.1 Å². The second-order valence-electron chi connectivity index (χ2n) is 19.3. The van der Waals surface area contributed by atoms with Crippen molar-refractivity contribution in [2.45, 2.75) is 263 Å². The smallest absolute Gasteiger partial charge is 0.178 e. The van der Waals surface area contributed by atoms with Crippen LogP contribution in [0.15, 0.2) is 53.4 Å². The van der Waals surface area contributed by atoms with E-state index in [1.165, 1.54) is 217 Å². The van der Waals surface area contributed by atoms with Crippen LogP contribution in [0.25, 0.3) is 12.2 Å². The molecule has 0 unspecified atom stereocenters. The zero-order valence-corrected chi connectivity index (χ0v) is 42.4. The van der Waals surface area contributed by atoms with E-state index in [1.54, 1.807) is 12.1 Å². The Kier molecular flexibility index (Phi) is 37.4. The van der Waals surface area contributed by atoms with Crippen molar-refractivity contribution >= 4 is 27.7 Å². The van der Waals surface area contributed by atoms with Gasteiger partial charge in [0.1, 0.15) is 0 Å². The summed E-state index contributed by atoms with van der Waals surface area (Å²) in [7, 11) is -3.27. The molecule has 0 bridgehead atoms. The fraction of sp³-hybridized carbons (Fsp3) is 0.759. The minimum absolute atomic E-state index is 0.199. The molecular formula is C58H101NO3S. The van der Waals surface area contributed by atoms with Crippen molar-refractivity contribution in [2.75, 3.05) is 30.3 Å². The molecule has 0 radical (unpaired) electrons. The molecule has 2 aromatic rings. The van der Waals surface area contributed by atoms with Gasteiger partial charge in [-0.2, -0.15) is 0 Å². The van der Waals surface area contributed by atoms with Crippen LogP contribution in [0.2, 0.25) is 0 Å². The van der Waals surface area contributed by atoms with Gasteiger partial charge in [0.2, 0.25) is 0 Å². The van der Waals surface area contributed by atoms with Gasteiger partial charge in [0, 0.05) is 25.4 Å². The Hall–Kier alpha value is -2.11. The Morgan fingerprint density at radius 2 is 0.667 bits per heavy atom. The molecule has 0 atom stereocenters. The van der Waals surface area contributed by atoms with Crippen molar-refractivity contribution in [1.82, 2.24) is 0 Å². The molecule has 0 fully saturated rings. The molecule has 63 heavy (non-hydrogen) atoms. The highest BCUT2D eigenvalue weighted by molar-refractivity contribution is 7.91. The van der Waals surface area contributed by atoms with E-state index in [-0.39, 0.29) is 12.4 Å². The number of aliphatic hydroxyl groups is 1. The lowest BCUT2D eigenvalue weighted by molar-refractivity contribution is 0.282. The molecule has 0 aromatic heterocycles. The second kappa shape index (κ2) is 41.3. The van der Waals surface area contributed by atoms with Crippen molar-refractivity contribution in [3.63, 3.8) is 0 Å². The van der Waals surface area contributed by atoms with Crippen molar-refractivity contribution in [3.8, 4) is 0 Å². The average molecular weight is 893 g/mol. The number of aliphatic hydroxyl groups excluding tert-OH is 1. The minimum atomic E-state index is -3.27. The van der Waals surface area contributed by atoms with Gasteiger partial charge in [-0.25, -0.2) is 8.42 Å². The molecule has 362 valence electrons. The van der Waals surface area contributed by atoms with E-state index < -0.39 is 9.84 Å². The number of hydrogen-bond donors (Lipinski definition) is 1. The molecule has 0 saturated heterocycles. The van der Waals surface area contributed by atoms with E-state index in [9.17, 15) is 8.42 Å². The van der Waals surface area contributed by atoms with Gasteiger partial charge in [-0.05, 0) is 61.1 Å². The predicted octanol–water partition coefficient (Wildman–Crippen LogP) is 18.3. The third-order valence-electron chi connectivity index (χ3n) is 13.4. The summed E-state index contributed by atoms with van der Waals surface area (Å²) >= 11 is 0. The SMILES string of the molecule is CCCCCCCCCCCCCCCCCCN(CCCCCCCCCCCCCCCCCC)c1ccc(C=Cc2ccc(S(=O)(=O)CCCCCCCCO)cc2)cc1. The van der Waals surface area contributed by atoms with Crippen molar-refractivity contribution in [2.24, 2.45) is 0 Å². The van der Waals surface area contributed by atoms with E-state index in [4.69, 9.17) is 5.11 Å². The zero-order valence-electron chi connectivity index (χ0n) is 41.6. The number of hydrogen-bond acceptors (Lipinski definition) is 4. The molecule has 0 heterocycles. The summed E-state index contributed by atoms with van der Waals surface area (Å²) in [6.07, 6.45) is 54.8. The summed E-state index contributed by atoms with van der Waals surface area (Å²) in [4.78, 5) is 3.07. The Labute approximate surface area is 392 Å². The summed E-state index contributed by atoms with van der Waals surface area (Å²) in [5.41, 5.74) is 3.52. The third-order valence-corrected chi connectivity index (χ3v) is 15.2. The molecular weight excluding hydrogens is 791 g/mol. The summed E-state index contributed by atoms with van der Waals surface area (Å²) in [5.74, 6) is 0.199. The fourth-order valence-electron chi connectivity index (χ4n) is 9.08. The molecule has 0 amide bonds. The van der Waals surface area contributed by atoms with Crippen LogP contribution in [0.5, 0.6) is 0 Å². The number of unbranched alkanes of at least 4 members (excludes halogenated alkanes) is 35. The number of nitrogens with zero attached hydrogens (tertiary/aromatic N) is 1. The third kappa shape index (κ3) is 32.2. The van der Waals surface area contributed by atoms with Crippen LogP contribution in [0, 0.1) is 0 Å². The zero-order chi connectivity index (χ0) is 45.2. The Balaban J connectivity index is 1.75. The Morgan fingerprint density at radius 1 is 0.381 bits per heavy atom. The maximum absolute atomic E-state index is 12.9. The average Bonchev–Trinajstić information content (AvgIpc) is 3.30.